The SMILES string of the molecule is CCCCCCCCCCCCCCCCCCCCCO[Si]CCCCC. The van der Waals surface area contributed by atoms with E-state index in [1.807, 2.05) is 0 Å². The molecule has 0 amide bonds. The van der Waals surface area contributed by atoms with Crippen molar-refractivity contribution in [1.29, 1.82) is 0 Å². The van der Waals surface area contributed by atoms with Crippen LogP contribution in [0.15, 0.2) is 0 Å². The van der Waals surface area contributed by atoms with Crippen molar-refractivity contribution in [3.8, 4) is 0 Å². The summed E-state index contributed by atoms with van der Waals surface area (Å²) in [6, 6.07) is 1.28. The Balaban J connectivity index is 2.96. The molecule has 0 spiro atoms. The lowest BCUT2D eigenvalue weighted by Gasteiger charge is -2.04. The van der Waals surface area contributed by atoms with E-state index in [-0.39, 0.29) is 0 Å². The molecule has 0 aliphatic heterocycles. The average molecular weight is 411 g/mol. The first-order chi connectivity index (χ1) is 13.9. The summed E-state index contributed by atoms with van der Waals surface area (Å²) in [6.07, 6.45) is 31.5. The van der Waals surface area contributed by atoms with Crippen molar-refractivity contribution in [2.24, 2.45) is 0 Å². The maximum absolute atomic E-state index is 5.74. The zero-order valence-corrected chi connectivity index (χ0v) is 20.9. The van der Waals surface area contributed by atoms with Crippen LogP contribution in [0.4, 0.5) is 0 Å². The standard InChI is InChI=1S/C26H54OSi/c1-3-5-7-8-9-10-11-12-13-14-15-16-17-18-19-20-21-22-23-25-27-28-26-24-6-4-2/h3-26H2,1-2H3. The van der Waals surface area contributed by atoms with Gasteiger partial charge in [-0.1, -0.05) is 149 Å². The third kappa shape index (κ3) is 26.2. The molecule has 0 unspecified atom stereocenters. The molecule has 2 heteroatoms. The summed E-state index contributed by atoms with van der Waals surface area (Å²) in [7, 11) is 0.753. The molecular formula is C26H54OSi. The first-order valence-corrected chi connectivity index (χ1v) is 14.4. The molecule has 0 rings (SSSR count). The van der Waals surface area contributed by atoms with Gasteiger partial charge in [0.25, 0.3) is 0 Å². The van der Waals surface area contributed by atoms with Crippen LogP contribution >= 0.6 is 0 Å². The maximum Gasteiger partial charge on any atom is 0.229 e. The predicted octanol–water partition coefficient (Wildman–Crippen LogP) is 9.66. The van der Waals surface area contributed by atoms with Gasteiger partial charge in [0.1, 0.15) is 0 Å². The zero-order valence-electron chi connectivity index (χ0n) is 19.9. The van der Waals surface area contributed by atoms with Gasteiger partial charge in [-0.15, -0.1) is 0 Å². The highest BCUT2D eigenvalue weighted by Gasteiger charge is 1.96. The zero-order chi connectivity index (χ0) is 20.4. The minimum absolute atomic E-state index is 0.753. The quantitative estimate of drug-likeness (QED) is 0.107. The van der Waals surface area contributed by atoms with E-state index in [0.717, 1.165) is 16.4 Å². The van der Waals surface area contributed by atoms with Gasteiger partial charge in [0, 0.05) is 6.61 Å². The van der Waals surface area contributed by atoms with E-state index >= 15 is 0 Å². The van der Waals surface area contributed by atoms with Gasteiger partial charge in [-0.05, 0) is 12.5 Å². The van der Waals surface area contributed by atoms with Crippen LogP contribution in [0.3, 0.4) is 0 Å². The fraction of sp³-hybridized carbons (Fsp3) is 1.00. The Morgan fingerprint density at radius 3 is 1.11 bits per heavy atom. The van der Waals surface area contributed by atoms with E-state index in [4.69, 9.17) is 4.43 Å². The van der Waals surface area contributed by atoms with E-state index < -0.39 is 0 Å². The molecule has 0 aromatic heterocycles. The summed E-state index contributed by atoms with van der Waals surface area (Å²) in [5.41, 5.74) is 0. The fourth-order valence-corrected chi connectivity index (χ4v) is 4.67. The molecule has 0 saturated heterocycles. The second-order valence-electron chi connectivity index (χ2n) is 8.81. The van der Waals surface area contributed by atoms with Crippen LogP contribution in [0.2, 0.25) is 6.04 Å². The summed E-state index contributed by atoms with van der Waals surface area (Å²) in [4.78, 5) is 0. The van der Waals surface area contributed by atoms with Crippen LogP contribution in [0.5, 0.6) is 0 Å². The van der Waals surface area contributed by atoms with E-state index in [9.17, 15) is 0 Å². The molecule has 2 radical (unpaired) electrons. The Hall–Kier alpha value is 0.177. The number of unbranched alkanes of at least 4 members (excludes halogenated alkanes) is 20. The topological polar surface area (TPSA) is 9.23 Å². The summed E-state index contributed by atoms with van der Waals surface area (Å²) in [5.74, 6) is 0. The lowest BCUT2D eigenvalue weighted by atomic mass is 10.0. The van der Waals surface area contributed by atoms with Gasteiger partial charge in [0.15, 0.2) is 0 Å². The van der Waals surface area contributed by atoms with Crippen LogP contribution in [-0.4, -0.2) is 16.4 Å². The lowest BCUT2D eigenvalue weighted by Crippen LogP contribution is -2.00. The molecule has 0 N–H and O–H groups in total. The van der Waals surface area contributed by atoms with Crippen molar-refractivity contribution in [2.75, 3.05) is 6.61 Å². The Morgan fingerprint density at radius 1 is 0.393 bits per heavy atom. The Kier molecular flexibility index (Phi) is 27.3. The minimum atomic E-state index is 0.753. The van der Waals surface area contributed by atoms with E-state index in [2.05, 4.69) is 13.8 Å². The second kappa shape index (κ2) is 27.2. The van der Waals surface area contributed by atoms with Crippen LogP contribution in [-0.2, 0) is 4.43 Å². The molecule has 1 nitrogen and oxygen atoms in total. The first-order valence-electron chi connectivity index (χ1n) is 13.3. The third-order valence-electron chi connectivity index (χ3n) is 5.83. The molecule has 168 valence electrons. The van der Waals surface area contributed by atoms with Crippen LogP contribution in [0.1, 0.15) is 155 Å². The number of hydrogen-bond donors (Lipinski definition) is 0. The predicted molar refractivity (Wildman–Crippen MR) is 129 cm³/mol. The van der Waals surface area contributed by atoms with Gasteiger partial charge in [-0.3, -0.25) is 0 Å². The van der Waals surface area contributed by atoms with Gasteiger partial charge in [-0.2, -0.15) is 0 Å². The average Bonchev–Trinajstić information content (AvgIpc) is 2.71. The maximum atomic E-state index is 5.74. The first kappa shape index (κ1) is 28.2. The van der Waals surface area contributed by atoms with Gasteiger partial charge < -0.3 is 4.43 Å². The molecule has 0 bridgehead atoms. The molecule has 0 aromatic rings. The molecular weight excluding hydrogens is 356 g/mol. The summed E-state index contributed by atoms with van der Waals surface area (Å²) < 4.78 is 5.74. The van der Waals surface area contributed by atoms with Gasteiger partial charge in [-0.25, -0.2) is 0 Å². The molecule has 0 heterocycles. The Labute approximate surface area is 182 Å². The van der Waals surface area contributed by atoms with E-state index in [0.29, 0.717) is 0 Å². The minimum Gasteiger partial charge on any atom is -0.417 e. The Bertz CT molecular complexity index is 231. The highest BCUT2D eigenvalue weighted by Crippen LogP contribution is 2.14. The molecule has 0 atom stereocenters. The molecule has 0 aliphatic rings. The Morgan fingerprint density at radius 2 is 0.714 bits per heavy atom. The molecule has 28 heavy (non-hydrogen) atoms. The normalized spacial score (nSPS) is 11.4. The van der Waals surface area contributed by atoms with Gasteiger partial charge in [0.2, 0.25) is 9.76 Å². The largest absolute Gasteiger partial charge is 0.417 e. The van der Waals surface area contributed by atoms with Crippen LogP contribution in [0, 0.1) is 0 Å². The molecule has 0 aliphatic carbocycles. The van der Waals surface area contributed by atoms with Crippen molar-refractivity contribution in [3.63, 3.8) is 0 Å². The van der Waals surface area contributed by atoms with Crippen molar-refractivity contribution in [3.05, 3.63) is 0 Å². The highest BCUT2D eigenvalue weighted by atomic mass is 28.2. The van der Waals surface area contributed by atoms with Crippen molar-refractivity contribution in [1.82, 2.24) is 0 Å². The van der Waals surface area contributed by atoms with Gasteiger partial charge >= 0.3 is 0 Å². The number of rotatable bonds is 25. The van der Waals surface area contributed by atoms with Crippen LogP contribution in [0.25, 0.3) is 0 Å². The molecule has 0 fully saturated rings. The van der Waals surface area contributed by atoms with E-state index in [1.165, 1.54) is 147 Å². The van der Waals surface area contributed by atoms with Crippen LogP contribution < -0.4 is 0 Å². The molecule has 0 aromatic carbocycles. The van der Waals surface area contributed by atoms with Gasteiger partial charge in [0.05, 0.1) is 0 Å². The summed E-state index contributed by atoms with van der Waals surface area (Å²) in [6.45, 7) is 5.57. The molecule has 0 saturated carbocycles. The van der Waals surface area contributed by atoms with Crippen molar-refractivity contribution >= 4 is 9.76 Å². The summed E-state index contributed by atoms with van der Waals surface area (Å²) >= 11 is 0. The van der Waals surface area contributed by atoms with Crippen molar-refractivity contribution in [2.45, 2.75) is 161 Å². The second-order valence-corrected chi connectivity index (χ2v) is 9.89. The number of hydrogen-bond acceptors (Lipinski definition) is 1. The summed E-state index contributed by atoms with van der Waals surface area (Å²) in [5, 5.41) is 0. The van der Waals surface area contributed by atoms with E-state index in [1.54, 1.807) is 0 Å². The smallest absolute Gasteiger partial charge is 0.229 e. The lowest BCUT2D eigenvalue weighted by molar-refractivity contribution is 0.319. The third-order valence-corrected chi connectivity index (χ3v) is 6.80. The van der Waals surface area contributed by atoms with Crippen molar-refractivity contribution < 1.29 is 4.43 Å². The fourth-order valence-electron chi connectivity index (χ4n) is 3.84. The monoisotopic (exact) mass is 410 g/mol. The highest BCUT2D eigenvalue weighted by molar-refractivity contribution is 6.26.